The van der Waals surface area contributed by atoms with Crippen LogP contribution in [0.5, 0.6) is 11.5 Å². The molecule has 7 nitrogen and oxygen atoms in total. The van der Waals surface area contributed by atoms with Gasteiger partial charge in [0.25, 0.3) is 5.69 Å². The van der Waals surface area contributed by atoms with E-state index in [0.717, 1.165) is 18.2 Å². The van der Waals surface area contributed by atoms with Gasteiger partial charge in [-0.3, -0.25) is 19.7 Å². The molecular formula is C19H15ClF3NO6S. The van der Waals surface area contributed by atoms with Gasteiger partial charge in [-0.2, -0.15) is 13.2 Å². The number of halogens is 4. The first-order valence-corrected chi connectivity index (χ1v) is 10.0. The Balaban J connectivity index is 2.20. The zero-order valence-electron chi connectivity index (χ0n) is 15.9. The number of alkyl halides is 3. The van der Waals surface area contributed by atoms with Crippen LogP contribution >= 0.6 is 23.4 Å². The van der Waals surface area contributed by atoms with Gasteiger partial charge in [-0.15, -0.1) is 0 Å². The molecule has 0 bridgehead atoms. The Morgan fingerprint density at radius 3 is 2.48 bits per heavy atom. The molecule has 0 amide bonds. The normalized spacial score (nSPS) is 11.1. The largest absolute Gasteiger partial charge is 0.465 e. The summed E-state index contributed by atoms with van der Waals surface area (Å²) in [6, 6.07) is 6.04. The highest BCUT2D eigenvalue weighted by molar-refractivity contribution is 8.14. The molecule has 0 heterocycles. The number of esters is 1. The van der Waals surface area contributed by atoms with Crippen LogP contribution in [0.1, 0.15) is 18.1 Å². The topological polar surface area (TPSA) is 95.7 Å². The molecule has 12 heteroatoms. The van der Waals surface area contributed by atoms with E-state index in [2.05, 4.69) is 0 Å². The molecule has 0 atom stereocenters. The number of nitro benzene ring substituents is 1. The van der Waals surface area contributed by atoms with Crippen LogP contribution in [0.15, 0.2) is 36.4 Å². The number of thioether (sulfide) groups is 1. The van der Waals surface area contributed by atoms with Crippen molar-refractivity contribution < 1.29 is 37.2 Å². The number of hydrogen-bond donors (Lipinski definition) is 0. The van der Waals surface area contributed by atoms with E-state index >= 15 is 0 Å². The monoisotopic (exact) mass is 477 g/mol. The van der Waals surface area contributed by atoms with Crippen molar-refractivity contribution in [2.75, 3.05) is 12.4 Å². The molecule has 0 aliphatic rings. The number of rotatable bonds is 8. The average Bonchev–Trinajstić information content (AvgIpc) is 2.67. The Morgan fingerprint density at radius 2 is 1.90 bits per heavy atom. The molecule has 0 radical (unpaired) electrons. The lowest BCUT2D eigenvalue weighted by atomic mass is 10.1. The maximum atomic E-state index is 12.8. The van der Waals surface area contributed by atoms with Gasteiger partial charge in [0, 0.05) is 18.1 Å². The van der Waals surface area contributed by atoms with Gasteiger partial charge in [0.05, 0.1) is 27.9 Å². The van der Waals surface area contributed by atoms with E-state index in [1.54, 1.807) is 6.92 Å². The van der Waals surface area contributed by atoms with Gasteiger partial charge in [-0.25, -0.2) is 0 Å². The number of carbonyl (C=O) groups excluding carboxylic acids is 2. The Morgan fingerprint density at radius 1 is 1.19 bits per heavy atom. The van der Waals surface area contributed by atoms with Crippen LogP contribution in [0.4, 0.5) is 18.9 Å². The van der Waals surface area contributed by atoms with Crippen molar-refractivity contribution in [3.8, 4) is 11.5 Å². The number of nitro groups is 1. The second-order valence-corrected chi connectivity index (χ2v) is 7.38. The molecule has 2 aromatic carbocycles. The van der Waals surface area contributed by atoms with Gasteiger partial charge in [0.15, 0.2) is 5.12 Å². The van der Waals surface area contributed by atoms with Crippen LogP contribution in [-0.2, 0) is 26.9 Å². The highest BCUT2D eigenvalue weighted by Crippen LogP contribution is 2.37. The highest BCUT2D eigenvalue weighted by Gasteiger charge is 2.31. The molecule has 31 heavy (non-hydrogen) atoms. The van der Waals surface area contributed by atoms with E-state index in [9.17, 15) is 32.9 Å². The van der Waals surface area contributed by atoms with Crippen LogP contribution in [-0.4, -0.2) is 28.4 Å². The SMILES string of the molecule is CCOC(=O)CSC(=O)Cc1cc(Oc2ccc(C(F)(F)F)cc2Cl)ccc1[N+](=O)[O-]. The molecule has 0 saturated carbocycles. The predicted molar refractivity (Wildman–Crippen MR) is 107 cm³/mol. The third-order valence-corrected chi connectivity index (χ3v) is 4.87. The quantitative estimate of drug-likeness (QED) is 0.284. The molecule has 2 aromatic rings. The Hall–Kier alpha value is -2.79. The fraction of sp³-hybridized carbons (Fsp3) is 0.263. The standard InChI is InChI=1S/C19H15ClF3NO6S/c1-2-29-17(25)10-31-18(26)8-11-7-13(4-5-15(11)24(27)28)30-16-6-3-12(9-14(16)20)19(21,22)23/h3-7,9H,2,8,10H2,1H3. The highest BCUT2D eigenvalue weighted by atomic mass is 35.5. The van der Waals surface area contributed by atoms with E-state index in [-0.39, 0.29) is 46.6 Å². The number of hydrogen-bond acceptors (Lipinski definition) is 7. The maximum Gasteiger partial charge on any atom is 0.416 e. The van der Waals surface area contributed by atoms with Crippen LogP contribution in [0.2, 0.25) is 5.02 Å². The first kappa shape index (κ1) is 24.5. The van der Waals surface area contributed by atoms with Crippen molar-refractivity contribution in [1.29, 1.82) is 0 Å². The summed E-state index contributed by atoms with van der Waals surface area (Å²) in [7, 11) is 0. The number of carbonyl (C=O) groups is 2. The van der Waals surface area contributed by atoms with E-state index in [1.807, 2.05) is 0 Å². The first-order valence-electron chi connectivity index (χ1n) is 8.64. The smallest absolute Gasteiger partial charge is 0.416 e. The van der Waals surface area contributed by atoms with Crippen molar-refractivity contribution in [3.05, 3.63) is 62.7 Å². The summed E-state index contributed by atoms with van der Waals surface area (Å²) in [5.41, 5.74) is -1.30. The minimum absolute atomic E-state index is 0.00638. The van der Waals surface area contributed by atoms with Gasteiger partial charge in [-0.1, -0.05) is 23.4 Å². The lowest BCUT2D eigenvalue weighted by Crippen LogP contribution is -2.10. The second kappa shape index (κ2) is 10.5. The van der Waals surface area contributed by atoms with Gasteiger partial charge >= 0.3 is 12.1 Å². The van der Waals surface area contributed by atoms with Gasteiger partial charge in [0.1, 0.15) is 11.5 Å². The van der Waals surface area contributed by atoms with E-state index in [1.165, 1.54) is 12.1 Å². The summed E-state index contributed by atoms with van der Waals surface area (Å²) in [4.78, 5) is 34.0. The third kappa shape index (κ3) is 7.14. The minimum atomic E-state index is -4.58. The molecule has 0 unspecified atom stereocenters. The second-order valence-electron chi connectivity index (χ2n) is 5.94. The molecular weight excluding hydrogens is 463 g/mol. The zero-order valence-corrected chi connectivity index (χ0v) is 17.5. The van der Waals surface area contributed by atoms with Crippen LogP contribution in [0, 0.1) is 10.1 Å². The van der Waals surface area contributed by atoms with Crippen molar-refractivity contribution in [3.63, 3.8) is 0 Å². The Bertz CT molecular complexity index is 999. The number of ether oxygens (including phenoxy) is 2. The molecule has 0 aliphatic carbocycles. The zero-order chi connectivity index (χ0) is 23.2. The molecule has 166 valence electrons. The Kier molecular flexibility index (Phi) is 8.28. The molecule has 0 saturated heterocycles. The predicted octanol–water partition coefficient (Wildman–Crippen LogP) is 5.42. The van der Waals surface area contributed by atoms with Crippen molar-refractivity contribution in [2.45, 2.75) is 19.5 Å². The van der Waals surface area contributed by atoms with Crippen LogP contribution in [0.3, 0.4) is 0 Å². The van der Waals surface area contributed by atoms with E-state index < -0.39 is 27.7 Å². The van der Waals surface area contributed by atoms with E-state index in [4.69, 9.17) is 21.1 Å². The first-order chi connectivity index (χ1) is 14.5. The molecule has 0 spiro atoms. The summed E-state index contributed by atoms with van der Waals surface area (Å²) in [5, 5.41) is 10.4. The third-order valence-electron chi connectivity index (χ3n) is 3.73. The maximum absolute atomic E-state index is 12.8. The summed E-state index contributed by atoms with van der Waals surface area (Å²) >= 11 is 6.50. The summed E-state index contributed by atoms with van der Waals surface area (Å²) in [6.07, 6.45) is -4.96. The fourth-order valence-corrected chi connectivity index (χ4v) is 3.22. The molecule has 2 rings (SSSR count). The fourth-order valence-electron chi connectivity index (χ4n) is 2.38. The van der Waals surface area contributed by atoms with Crippen molar-refractivity contribution in [2.24, 2.45) is 0 Å². The van der Waals surface area contributed by atoms with Gasteiger partial charge in [0.2, 0.25) is 0 Å². The molecule has 0 aliphatic heterocycles. The number of nitrogens with zero attached hydrogens (tertiary/aromatic N) is 1. The summed E-state index contributed by atoms with van der Waals surface area (Å²) < 4.78 is 48.4. The van der Waals surface area contributed by atoms with E-state index in [0.29, 0.717) is 17.8 Å². The van der Waals surface area contributed by atoms with Crippen LogP contribution in [0.25, 0.3) is 0 Å². The summed E-state index contributed by atoms with van der Waals surface area (Å²) in [5.74, 6) is -0.898. The minimum Gasteiger partial charge on any atom is -0.465 e. The average molecular weight is 478 g/mol. The molecule has 0 aromatic heterocycles. The van der Waals surface area contributed by atoms with Gasteiger partial charge < -0.3 is 9.47 Å². The molecule has 0 fully saturated rings. The summed E-state index contributed by atoms with van der Waals surface area (Å²) in [6.45, 7) is 1.77. The van der Waals surface area contributed by atoms with Gasteiger partial charge in [-0.05, 0) is 37.3 Å². The van der Waals surface area contributed by atoms with Crippen molar-refractivity contribution >= 4 is 40.1 Å². The van der Waals surface area contributed by atoms with Crippen molar-refractivity contribution in [1.82, 2.24) is 0 Å². The lowest BCUT2D eigenvalue weighted by molar-refractivity contribution is -0.385. The lowest BCUT2D eigenvalue weighted by Gasteiger charge is -2.12. The van der Waals surface area contributed by atoms with Crippen LogP contribution < -0.4 is 4.74 Å². The number of benzene rings is 2. The Labute approximate surface area is 183 Å². The molecule has 0 N–H and O–H groups in total.